The number of phenols is 1. The van der Waals surface area contributed by atoms with Crippen molar-refractivity contribution in [2.45, 2.75) is 0 Å². The Balaban J connectivity index is 3.28. The Kier molecular flexibility index (Phi) is 2.87. The number of Topliss-reactive ketones (excluding diaryl/α,β-unsaturated/α-hetero) is 1. The zero-order valence-corrected chi connectivity index (χ0v) is 8.14. The summed E-state index contributed by atoms with van der Waals surface area (Å²) >= 11 is 2.93. The highest BCUT2D eigenvalue weighted by molar-refractivity contribution is 9.09. The molecular formula is C8H7BrFNO2. The molecule has 1 aromatic rings. The minimum atomic E-state index is -0.788. The van der Waals surface area contributed by atoms with Gasteiger partial charge in [-0.3, -0.25) is 4.79 Å². The number of aromatic hydroxyl groups is 1. The Morgan fingerprint density at radius 3 is 2.77 bits per heavy atom. The molecule has 0 unspecified atom stereocenters. The standard InChI is InChI=1S/C8H7BrFNO2/c9-3-7(13)5-1-4(12)2-6(10)8(5)11/h1-2,12H,3,11H2. The Hall–Kier alpha value is -1.10. The van der Waals surface area contributed by atoms with Crippen molar-refractivity contribution in [2.24, 2.45) is 0 Å². The molecule has 3 N–H and O–H groups in total. The number of hydrogen-bond acceptors (Lipinski definition) is 3. The minimum absolute atomic E-state index is 0.00521. The van der Waals surface area contributed by atoms with E-state index in [-0.39, 0.29) is 28.1 Å². The number of rotatable bonds is 2. The summed E-state index contributed by atoms with van der Waals surface area (Å²) in [6.45, 7) is 0. The molecule has 0 saturated heterocycles. The topological polar surface area (TPSA) is 63.3 Å². The predicted octanol–water partition coefficient (Wildman–Crippen LogP) is 1.69. The third-order valence-electron chi connectivity index (χ3n) is 1.54. The van der Waals surface area contributed by atoms with Gasteiger partial charge in [-0.2, -0.15) is 0 Å². The van der Waals surface area contributed by atoms with Gasteiger partial charge >= 0.3 is 0 Å². The van der Waals surface area contributed by atoms with Crippen LogP contribution in [0.5, 0.6) is 5.75 Å². The molecule has 0 saturated carbocycles. The lowest BCUT2D eigenvalue weighted by Gasteiger charge is -2.04. The summed E-state index contributed by atoms with van der Waals surface area (Å²) in [7, 11) is 0. The van der Waals surface area contributed by atoms with Crippen molar-refractivity contribution in [3.63, 3.8) is 0 Å². The van der Waals surface area contributed by atoms with E-state index in [4.69, 9.17) is 10.8 Å². The molecule has 0 radical (unpaired) electrons. The summed E-state index contributed by atoms with van der Waals surface area (Å²) in [5.41, 5.74) is 5.06. The largest absolute Gasteiger partial charge is 0.508 e. The Morgan fingerprint density at radius 1 is 1.62 bits per heavy atom. The number of phenolic OH excluding ortho intramolecular Hbond substituents is 1. The average molecular weight is 248 g/mol. The molecule has 3 nitrogen and oxygen atoms in total. The lowest BCUT2D eigenvalue weighted by Crippen LogP contribution is -2.06. The molecule has 1 aromatic carbocycles. The molecule has 0 atom stereocenters. The first-order valence-corrected chi connectivity index (χ1v) is 4.55. The van der Waals surface area contributed by atoms with Gasteiger partial charge in [-0.25, -0.2) is 4.39 Å². The van der Waals surface area contributed by atoms with Crippen molar-refractivity contribution in [3.05, 3.63) is 23.5 Å². The molecule has 70 valence electrons. The van der Waals surface area contributed by atoms with Crippen LogP contribution in [0.2, 0.25) is 0 Å². The normalized spacial score (nSPS) is 10.0. The van der Waals surface area contributed by atoms with Gasteiger partial charge in [0.25, 0.3) is 0 Å². The van der Waals surface area contributed by atoms with Crippen molar-refractivity contribution >= 4 is 27.4 Å². The second-order valence-electron chi connectivity index (χ2n) is 2.45. The lowest BCUT2D eigenvalue weighted by molar-refractivity contribution is 0.102. The number of carbonyl (C=O) groups is 1. The molecule has 0 aliphatic heterocycles. The highest BCUT2D eigenvalue weighted by atomic mass is 79.9. The molecule has 0 amide bonds. The first-order valence-electron chi connectivity index (χ1n) is 3.43. The summed E-state index contributed by atoms with van der Waals surface area (Å²) in [6.07, 6.45) is 0. The number of nitrogen functional groups attached to an aromatic ring is 1. The molecule has 0 bridgehead atoms. The molecule has 0 heterocycles. The number of halogens is 2. The van der Waals surface area contributed by atoms with E-state index in [1.54, 1.807) is 0 Å². The van der Waals surface area contributed by atoms with Crippen molar-refractivity contribution in [2.75, 3.05) is 11.1 Å². The molecule has 0 aromatic heterocycles. The van der Waals surface area contributed by atoms with Crippen molar-refractivity contribution in [1.82, 2.24) is 0 Å². The Bertz CT molecular complexity index is 354. The van der Waals surface area contributed by atoms with Gasteiger partial charge in [0, 0.05) is 11.6 Å². The highest BCUT2D eigenvalue weighted by Crippen LogP contribution is 2.23. The Morgan fingerprint density at radius 2 is 2.23 bits per heavy atom. The average Bonchev–Trinajstić information content (AvgIpc) is 2.10. The van der Waals surface area contributed by atoms with Crippen LogP contribution in [0.15, 0.2) is 12.1 Å². The summed E-state index contributed by atoms with van der Waals surface area (Å²) < 4.78 is 12.9. The zero-order valence-electron chi connectivity index (χ0n) is 6.55. The van der Waals surface area contributed by atoms with Crippen molar-refractivity contribution in [3.8, 4) is 5.75 Å². The fourth-order valence-corrected chi connectivity index (χ4v) is 1.21. The first kappa shape index (κ1) is 9.98. The second kappa shape index (κ2) is 3.74. The van der Waals surface area contributed by atoms with Crippen LogP contribution in [0.25, 0.3) is 0 Å². The molecule has 5 heteroatoms. The van der Waals surface area contributed by atoms with E-state index in [2.05, 4.69) is 15.9 Å². The van der Waals surface area contributed by atoms with Gasteiger partial charge in [-0.15, -0.1) is 0 Å². The number of alkyl halides is 1. The quantitative estimate of drug-likeness (QED) is 0.362. The molecule has 0 spiro atoms. The maximum atomic E-state index is 12.9. The molecular weight excluding hydrogens is 241 g/mol. The SMILES string of the molecule is Nc1c(F)cc(O)cc1C(=O)CBr. The molecule has 1 rings (SSSR count). The molecule has 0 fully saturated rings. The number of ketones is 1. The minimum Gasteiger partial charge on any atom is -0.508 e. The number of carbonyl (C=O) groups excluding carboxylic acids is 1. The summed E-state index contributed by atoms with van der Waals surface area (Å²) in [4.78, 5) is 11.1. The monoisotopic (exact) mass is 247 g/mol. The molecule has 13 heavy (non-hydrogen) atoms. The molecule has 0 aliphatic rings. The van der Waals surface area contributed by atoms with E-state index < -0.39 is 5.82 Å². The van der Waals surface area contributed by atoms with Crippen molar-refractivity contribution in [1.29, 1.82) is 0 Å². The fourth-order valence-electron chi connectivity index (χ4n) is 0.906. The van der Waals surface area contributed by atoms with Gasteiger partial charge in [-0.05, 0) is 6.07 Å². The maximum Gasteiger partial charge on any atom is 0.175 e. The Labute approximate surface area is 82.5 Å². The van der Waals surface area contributed by atoms with Gasteiger partial charge in [0.05, 0.1) is 11.0 Å². The third-order valence-corrected chi connectivity index (χ3v) is 2.05. The van der Waals surface area contributed by atoms with Gasteiger partial charge < -0.3 is 10.8 Å². The number of anilines is 1. The van der Waals surface area contributed by atoms with Crippen LogP contribution >= 0.6 is 15.9 Å². The van der Waals surface area contributed by atoms with Crippen LogP contribution in [0.3, 0.4) is 0 Å². The first-order chi connectivity index (χ1) is 6.06. The van der Waals surface area contributed by atoms with Gasteiger partial charge in [0.1, 0.15) is 5.75 Å². The summed E-state index contributed by atoms with van der Waals surface area (Å²) in [5.74, 6) is -1.47. The summed E-state index contributed by atoms with van der Waals surface area (Å²) in [6, 6.07) is 2.00. The zero-order chi connectivity index (χ0) is 10.0. The highest BCUT2D eigenvalue weighted by Gasteiger charge is 2.13. The van der Waals surface area contributed by atoms with Gasteiger partial charge in [0.15, 0.2) is 11.6 Å². The van der Waals surface area contributed by atoms with E-state index in [1.807, 2.05) is 0 Å². The van der Waals surface area contributed by atoms with E-state index in [9.17, 15) is 9.18 Å². The van der Waals surface area contributed by atoms with Gasteiger partial charge in [0.2, 0.25) is 0 Å². The fraction of sp³-hybridized carbons (Fsp3) is 0.125. The lowest BCUT2D eigenvalue weighted by atomic mass is 10.1. The maximum absolute atomic E-state index is 12.9. The number of benzene rings is 1. The van der Waals surface area contributed by atoms with Crippen LogP contribution < -0.4 is 5.73 Å². The van der Waals surface area contributed by atoms with Gasteiger partial charge in [-0.1, -0.05) is 15.9 Å². The summed E-state index contributed by atoms with van der Waals surface area (Å²) in [5, 5.41) is 9.04. The van der Waals surface area contributed by atoms with E-state index in [0.717, 1.165) is 12.1 Å². The van der Waals surface area contributed by atoms with E-state index in [0.29, 0.717) is 0 Å². The molecule has 0 aliphatic carbocycles. The third kappa shape index (κ3) is 1.98. The van der Waals surface area contributed by atoms with Crippen molar-refractivity contribution < 1.29 is 14.3 Å². The smallest absolute Gasteiger partial charge is 0.175 e. The number of hydrogen-bond donors (Lipinski definition) is 2. The van der Waals surface area contributed by atoms with Crippen LogP contribution in [-0.2, 0) is 0 Å². The van der Waals surface area contributed by atoms with Crippen LogP contribution in [0.4, 0.5) is 10.1 Å². The van der Waals surface area contributed by atoms with Crippen LogP contribution in [-0.4, -0.2) is 16.2 Å². The predicted molar refractivity (Wildman–Crippen MR) is 50.6 cm³/mol. The van der Waals surface area contributed by atoms with E-state index >= 15 is 0 Å². The number of nitrogens with two attached hydrogens (primary N) is 1. The second-order valence-corrected chi connectivity index (χ2v) is 3.01. The van der Waals surface area contributed by atoms with Crippen LogP contribution in [0.1, 0.15) is 10.4 Å². The van der Waals surface area contributed by atoms with Crippen LogP contribution in [0, 0.1) is 5.82 Å². The van der Waals surface area contributed by atoms with E-state index in [1.165, 1.54) is 0 Å².